The summed E-state index contributed by atoms with van der Waals surface area (Å²) in [5.74, 6) is 1.05. The van der Waals surface area contributed by atoms with Crippen LogP contribution in [0.1, 0.15) is 31.2 Å². The number of hydrogen-bond acceptors (Lipinski definition) is 2. The molecule has 1 aromatic carbocycles. The molecular weight excluding hydrogens is 324 g/mol. The van der Waals surface area contributed by atoms with Crippen LogP contribution >= 0.6 is 39.0 Å². The van der Waals surface area contributed by atoms with Crippen LogP contribution in [0.2, 0.25) is 0 Å². The van der Waals surface area contributed by atoms with Gasteiger partial charge in [-0.05, 0) is 51.2 Å². The molecule has 0 N–H and O–H groups in total. The first-order chi connectivity index (χ1) is 8.45. The van der Waals surface area contributed by atoms with Crippen molar-refractivity contribution in [3.05, 3.63) is 50.6 Å². The topological polar surface area (TPSA) is 0 Å². The van der Waals surface area contributed by atoms with E-state index in [1.807, 2.05) is 23.1 Å². The van der Waals surface area contributed by atoms with Crippen LogP contribution in [0.3, 0.4) is 0 Å². The van der Waals surface area contributed by atoms with E-state index in [2.05, 4.69) is 73.1 Å². The van der Waals surface area contributed by atoms with Crippen molar-refractivity contribution in [2.24, 2.45) is 0 Å². The minimum atomic E-state index is 0.238. The summed E-state index contributed by atoms with van der Waals surface area (Å²) in [7, 11) is 0. The van der Waals surface area contributed by atoms with E-state index in [4.69, 9.17) is 0 Å². The zero-order valence-electron chi connectivity index (χ0n) is 10.9. The highest BCUT2D eigenvalue weighted by molar-refractivity contribution is 9.11. The Morgan fingerprint density at radius 1 is 1.06 bits per heavy atom. The molecule has 0 amide bonds. The van der Waals surface area contributed by atoms with Gasteiger partial charge < -0.3 is 0 Å². The number of thioether (sulfide) groups is 1. The molecule has 0 aliphatic carbocycles. The van der Waals surface area contributed by atoms with E-state index >= 15 is 0 Å². The Balaban J connectivity index is 1.98. The maximum Gasteiger partial charge on any atom is 0.0701 e. The van der Waals surface area contributed by atoms with Gasteiger partial charge in [-0.2, -0.15) is 0 Å². The molecule has 1 heterocycles. The third kappa shape index (κ3) is 3.87. The molecule has 0 saturated heterocycles. The van der Waals surface area contributed by atoms with Gasteiger partial charge in [0.2, 0.25) is 0 Å². The average Bonchev–Trinajstić information content (AvgIpc) is 2.72. The molecule has 0 aliphatic heterocycles. The molecule has 2 aromatic rings. The van der Waals surface area contributed by atoms with Gasteiger partial charge in [0, 0.05) is 15.5 Å². The lowest BCUT2D eigenvalue weighted by molar-refractivity contribution is 0.590. The van der Waals surface area contributed by atoms with Gasteiger partial charge in [0.1, 0.15) is 0 Å². The maximum atomic E-state index is 3.50. The van der Waals surface area contributed by atoms with Crippen LogP contribution in [0.4, 0.5) is 0 Å². The molecule has 18 heavy (non-hydrogen) atoms. The average molecular weight is 341 g/mol. The molecule has 0 fully saturated rings. The minimum Gasteiger partial charge on any atom is -0.132 e. The number of halogens is 1. The Morgan fingerprint density at radius 3 is 2.22 bits per heavy atom. The lowest BCUT2D eigenvalue weighted by atomic mass is 9.87. The number of hydrogen-bond donors (Lipinski definition) is 0. The summed E-state index contributed by atoms with van der Waals surface area (Å²) in [6.07, 6.45) is 0. The molecule has 0 aliphatic rings. The first-order valence-corrected chi connectivity index (χ1v) is 8.52. The van der Waals surface area contributed by atoms with Crippen molar-refractivity contribution >= 4 is 39.0 Å². The largest absolute Gasteiger partial charge is 0.132 e. The van der Waals surface area contributed by atoms with Crippen molar-refractivity contribution < 1.29 is 0 Å². The van der Waals surface area contributed by atoms with Gasteiger partial charge >= 0.3 is 0 Å². The van der Waals surface area contributed by atoms with E-state index in [-0.39, 0.29) is 5.41 Å². The third-order valence-corrected chi connectivity index (χ3v) is 5.60. The second kappa shape index (κ2) is 5.81. The highest BCUT2D eigenvalue weighted by Crippen LogP contribution is 2.30. The second-order valence-corrected chi connectivity index (χ2v) is 8.87. The molecule has 0 bridgehead atoms. The fourth-order valence-corrected chi connectivity index (χ4v) is 4.06. The first-order valence-electron chi connectivity index (χ1n) is 5.93. The van der Waals surface area contributed by atoms with E-state index in [0.29, 0.717) is 0 Å². The summed E-state index contributed by atoms with van der Waals surface area (Å²) in [6, 6.07) is 13.2. The molecule has 0 spiro atoms. The highest BCUT2D eigenvalue weighted by atomic mass is 79.9. The Morgan fingerprint density at radius 2 is 1.72 bits per heavy atom. The quantitative estimate of drug-likeness (QED) is 0.608. The van der Waals surface area contributed by atoms with Gasteiger partial charge in [-0.3, -0.25) is 0 Å². The van der Waals surface area contributed by atoms with Crippen LogP contribution in [0.15, 0.2) is 45.1 Å². The zero-order valence-corrected chi connectivity index (χ0v) is 14.1. The molecule has 1 aromatic heterocycles. The lowest BCUT2D eigenvalue weighted by Gasteiger charge is -2.19. The Hall–Kier alpha value is -0.250. The minimum absolute atomic E-state index is 0.238. The van der Waals surface area contributed by atoms with Gasteiger partial charge in [0.05, 0.1) is 3.79 Å². The van der Waals surface area contributed by atoms with Gasteiger partial charge in [-0.15, -0.1) is 23.1 Å². The van der Waals surface area contributed by atoms with Crippen molar-refractivity contribution in [1.29, 1.82) is 0 Å². The normalized spacial score (nSPS) is 11.8. The van der Waals surface area contributed by atoms with Crippen LogP contribution in [-0.2, 0) is 11.2 Å². The van der Waals surface area contributed by atoms with Gasteiger partial charge in [0.15, 0.2) is 0 Å². The molecule has 0 unspecified atom stereocenters. The summed E-state index contributed by atoms with van der Waals surface area (Å²) in [4.78, 5) is 2.75. The smallest absolute Gasteiger partial charge is 0.0701 e. The number of rotatable bonds is 3. The molecule has 3 heteroatoms. The van der Waals surface area contributed by atoms with Crippen molar-refractivity contribution in [3.63, 3.8) is 0 Å². The summed E-state index contributed by atoms with van der Waals surface area (Å²) in [5.41, 5.74) is 1.63. The van der Waals surface area contributed by atoms with Crippen molar-refractivity contribution in [3.8, 4) is 0 Å². The zero-order chi connectivity index (χ0) is 13.2. The second-order valence-electron chi connectivity index (χ2n) is 5.27. The van der Waals surface area contributed by atoms with Crippen LogP contribution in [0.5, 0.6) is 0 Å². The molecule has 0 nitrogen and oxygen atoms in total. The SMILES string of the molecule is CC(C)(C)c1ccc(SCc2ccc(Br)s2)cc1. The fourth-order valence-electron chi connectivity index (χ4n) is 1.63. The lowest BCUT2D eigenvalue weighted by Crippen LogP contribution is -2.10. The van der Waals surface area contributed by atoms with Crippen LogP contribution in [0.25, 0.3) is 0 Å². The molecule has 2 rings (SSSR count). The Bertz CT molecular complexity index is 506. The summed E-state index contributed by atoms with van der Waals surface area (Å²) in [5, 5.41) is 0. The highest BCUT2D eigenvalue weighted by Gasteiger charge is 2.12. The fraction of sp³-hybridized carbons (Fsp3) is 0.333. The predicted molar refractivity (Wildman–Crippen MR) is 86.7 cm³/mol. The van der Waals surface area contributed by atoms with E-state index in [9.17, 15) is 0 Å². The first kappa shape index (κ1) is 14.2. The van der Waals surface area contributed by atoms with Crippen molar-refractivity contribution in [1.82, 2.24) is 0 Å². The van der Waals surface area contributed by atoms with E-state index in [1.54, 1.807) is 0 Å². The Labute approximate surface area is 126 Å². The maximum absolute atomic E-state index is 3.50. The van der Waals surface area contributed by atoms with Gasteiger partial charge in [0.25, 0.3) is 0 Å². The van der Waals surface area contributed by atoms with Gasteiger partial charge in [-0.1, -0.05) is 32.9 Å². The van der Waals surface area contributed by atoms with Crippen molar-refractivity contribution in [2.45, 2.75) is 36.8 Å². The van der Waals surface area contributed by atoms with Crippen molar-refractivity contribution in [2.75, 3.05) is 0 Å². The van der Waals surface area contributed by atoms with Crippen LogP contribution in [0, 0.1) is 0 Å². The van der Waals surface area contributed by atoms with E-state index in [1.165, 1.54) is 19.1 Å². The van der Waals surface area contributed by atoms with Crippen LogP contribution < -0.4 is 0 Å². The summed E-state index contributed by atoms with van der Waals surface area (Å²) >= 11 is 7.20. The van der Waals surface area contributed by atoms with E-state index < -0.39 is 0 Å². The molecule has 0 atom stereocenters. The number of benzene rings is 1. The summed E-state index contributed by atoms with van der Waals surface area (Å²) in [6.45, 7) is 6.75. The third-order valence-electron chi connectivity index (χ3n) is 2.73. The van der Waals surface area contributed by atoms with Crippen LogP contribution in [-0.4, -0.2) is 0 Å². The molecular formula is C15H17BrS2. The molecule has 96 valence electrons. The van der Waals surface area contributed by atoms with E-state index in [0.717, 1.165) is 5.75 Å². The standard InChI is InChI=1S/C15H17BrS2/c1-15(2,3)11-4-6-12(7-5-11)17-10-13-8-9-14(16)18-13/h4-9H,10H2,1-3H3. The van der Waals surface area contributed by atoms with Gasteiger partial charge in [-0.25, -0.2) is 0 Å². The summed E-state index contributed by atoms with van der Waals surface area (Å²) < 4.78 is 1.21. The molecule has 0 radical (unpaired) electrons. The predicted octanol–water partition coefficient (Wildman–Crippen LogP) is 6.10. The molecule has 0 saturated carbocycles. The Kier molecular flexibility index (Phi) is 4.57. The number of thiophene rings is 1. The monoisotopic (exact) mass is 340 g/mol.